The van der Waals surface area contributed by atoms with E-state index < -0.39 is 17.8 Å². The van der Waals surface area contributed by atoms with Crippen LogP contribution in [-0.4, -0.2) is 24.3 Å². The van der Waals surface area contributed by atoms with E-state index in [4.69, 9.17) is 0 Å². The van der Waals surface area contributed by atoms with Gasteiger partial charge < -0.3 is 10.4 Å². The molecule has 0 saturated carbocycles. The predicted octanol–water partition coefficient (Wildman–Crippen LogP) is 2.14. The van der Waals surface area contributed by atoms with Gasteiger partial charge in [0, 0.05) is 12.5 Å². The Morgan fingerprint density at radius 3 is 2.71 bits per heavy atom. The molecule has 1 saturated heterocycles. The van der Waals surface area contributed by atoms with E-state index in [2.05, 4.69) is 5.32 Å². The molecule has 1 heterocycles. The normalized spacial score (nSPS) is 25.9. The second kappa shape index (κ2) is 4.66. The summed E-state index contributed by atoms with van der Waals surface area (Å²) < 4.78 is 37.7. The molecule has 2 atom stereocenters. The molecule has 1 aromatic carbocycles. The molecule has 17 heavy (non-hydrogen) atoms. The number of aliphatic hydroxyl groups excluding tert-OH is 1. The van der Waals surface area contributed by atoms with E-state index >= 15 is 0 Å². The molecule has 1 aliphatic heterocycles. The van der Waals surface area contributed by atoms with Crippen LogP contribution in [0, 0.1) is 0 Å². The minimum atomic E-state index is -4.33. The highest BCUT2D eigenvalue weighted by atomic mass is 19.4. The first-order chi connectivity index (χ1) is 7.98. The molecule has 0 spiro atoms. The molecule has 0 unspecified atom stereocenters. The molecule has 0 amide bonds. The fourth-order valence-corrected chi connectivity index (χ4v) is 2.18. The Bertz CT molecular complexity index is 392. The molecular weight excluding hydrogens is 231 g/mol. The van der Waals surface area contributed by atoms with Crippen molar-refractivity contribution >= 4 is 0 Å². The van der Waals surface area contributed by atoms with Gasteiger partial charge in [-0.2, -0.15) is 13.2 Å². The van der Waals surface area contributed by atoms with Crippen LogP contribution in [0.5, 0.6) is 0 Å². The van der Waals surface area contributed by atoms with Crippen LogP contribution in [0.15, 0.2) is 24.3 Å². The number of aliphatic hydroxyl groups is 1. The molecule has 2 nitrogen and oxygen atoms in total. The highest BCUT2D eigenvalue weighted by molar-refractivity contribution is 5.29. The van der Waals surface area contributed by atoms with E-state index in [1.54, 1.807) is 6.07 Å². The van der Waals surface area contributed by atoms with Gasteiger partial charge in [-0.15, -0.1) is 0 Å². The van der Waals surface area contributed by atoms with Gasteiger partial charge in [0.15, 0.2) is 0 Å². The molecule has 1 fully saturated rings. The van der Waals surface area contributed by atoms with E-state index in [-0.39, 0.29) is 5.92 Å². The minimum Gasteiger partial charge on any atom is -0.391 e. The summed E-state index contributed by atoms with van der Waals surface area (Å²) in [5.74, 6) is -0.210. The van der Waals surface area contributed by atoms with Crippen molar-refractivity contribution in [1.82, 2.24) is 5.32 Å². The van der Waals surface area contributed by atoms with Gasteiger partial charge in [0.1, 0.15) is 0 Å². The van der Waals surface area contributed by atoms with E-state index in [9.17, 15) is 18.3 Å². The summed E-state index contributed by atoms with van der Waals surface area (Å²) in [5.41, 5.74) is -0.0884. The fraction of sp³-hybridized carbons (Fsp3) is 0.500. The number of β-amino-alcohol motifs (C(OH)–C–C–N with tert-alkyl or cyclic N) is 1. The molecule has 0 bridgehead atoms. The van der Waals surface area contributed by atoms with Crippen molar-refractivity contribution < 1.29 is 18.3 Å². The Morgan fingerprint density at radius 1 is 1.29 bits per heavy atom. The first-order valence-corrected chi connectivity index (χ1v) is 5.54. The maximum atomic E-state index is 12.6. The van der Waals surface area contributed by atoms with Crippen LogP contribution in [-0.2, 0) is 6.18 Å². The van der Waals surface area contributed by atoms with Crippen LogP contribution >= 0.6 is 0 Å². The van der Waals surface area contributed by atoms with Crippen LogP contribution < -0.4 is 5.32 Å². The van der Waals surface area contributed by atoms with Crippen LogP contribution in [0.3, 0.4) is 0 Å². The highest BCUT2D eigenvalue weighted by Gasteiger charge is 2.32. The lowest BCUT2D eigenvalue weighted by molar-refractivity contribution is -0.137. The van der Waals surface area contributed by atoms with E-state index in [0.717, 1.165) is 18.7 Å². The summed E-state index contributed by atoms with van der Waals surface area (Å²) in [6.07, 6.45) is -4.29. The van der Waals surface area contributed by atoms with Crippen molar-refractivity contribution in [2.45, 2.75) is 24.6 Å². The summed E-state index contributed by atoms with van der Waals surface area (Å²) in [4.78, 5) is 0. The average Bonchev–Trinajstić information content (AvgIpc) is 2.29. The molecule has 1 aromatic rings. The van der Waals surface area contributed by atoms with Gasteiger partial charge >= 0.3 is 6.18 Å². The van der Waals surface area contributed by atoms with Crippen LogP contribution in [0.4, 0.5) is 13.2 Å². The van der Waals surface area contributed by atoms with Crippen LogP contribution in [0.25, 0.3) is 0 Å². The Balaban J connectivity index is 2.26. The molecule has 0 radical (unpaired) electrons. The lowest BCUT2D eigenvalue weighted by Gasteiger charge is -2.29. The third-order valence-corrected chi connectivity index (χ3v) is 3.09. The smallest absolute Gasteiger partial charge is 0.391 e. The minimum absolute atomic E-state index is 0.210. The molecule has 5 heteroatoms. The predicted molar refractivity (Wildman–Crippen MR) is 57.7 cm³/mol. The van der Waals surface area contributed by atoms with Crippen LogP contribution in [0.1, 0.15) is 23.5 Å². The number of benzene rings is 1. The summed E-state index contributed by atoms with van der Waals surface area (Å²) >= 11 is 0. The quantitative estimate of drug-likeness (QED) is 0.794. The standard InChI is InChI=1S/C12H14F3NO/c13-12(14,15)9-3-1-2-8(6-9)10-4-5-16-7-11(10)17/h1-3,6,10-11,16-17H,4-5,7H2/t10-,11+/m1/s1. The maximum absolute atomic E-state index is 12.6. The number of hydrogen-bond donors (Lipinski definition) is 2. The third kappa shape index (κ3) is 2.79. The average molecular weight is 245 g/mol. The SMILES string of the molecule is O[C@H]1CNCC[C@@H]1c1cccc(C(F)(F)F)c1. The van der Waals surface area contributed by atoms with Crippen LogP contribution in [0.2, 0.25) is 0 Å². The third-order valence-electron chi connectivity index (χ3n) is 3.09. The Hall–Kier alpha value is -1.07. The Labute approximate surface area is 97.5 Å². The molecule has 1 aliphatic rings. The monoisotopic (exact) mass is 245 g/mol. The Morgan fingerprint density at radius 2 is 2.06 bits per heavy atom. The molecule has 94 valence electrons. The fourth-order valence-electron chi connectivity index (χ4n) is 2.18. The lowest BCUT2D eigenvalue weighted by atomic mass is 9.87. The zero-order valence-corrected chi connectivity index (χ0v) is 9.17. The van der Waals surface area contributed by atoms with Gasteiger partial charge in [-0.3, -0.25) is 0 Å². The van der Waals surface area contributed by atoms with E-state index in [1.807, 2.05) is 0 Å². The van der Waals surface area contributed by atoms with Gasteiger partial charge in [-0.25, -0.2) is 0 Å². The number of alkyl halides is 3. The van der Waals surface area contributed by atoms with E-state index in [0.29, 0.717) is 18.5 Å². The van der Waals surface area contributed by atoms with Crippen molar-refractivity contribution in [2.24, 2.45) is 0 Å². The molecule has 0 aliphatic carbocycles. The van der Waals surface area contributed by atoms with E-state index in [1.165, 1.54) is 6.07 Å². The lowest BCUT2D eigenvalue weighted by Crippen LogP contribution is -2.39. The van der Waals surface area contributed by atoms with Gasteiger partial charge in [0.25, 0.3) is 0 Å². The number of nitrogens with one attached hydrogen (secondary N) is 1. The summed E-state index contributed by atoms with van der Waals surface area (Å²) in [5, 5.41) is 12.8. The number of halogens is 3. The number of piperidine rings is 1. The first kappa shape index (κ1) is 12.4. The highest BCUT2D eigenvalue weighted by Crippen LogP contribution is 2.33. The van der Waals surface area contributed by atoms with Gasteiger partial charge in [-0.1, -0.05) is 18.2 Å². The van der Waals surface area contributed by atoms with Crippen molar-refractivity contribution in [3.05, 3.63) is 35.4 Å². The molecular formula is C12H14F3NO. The number of rotatable bonds is 1. The zero-order chi connectivity index (χ0) is 12.5. The molecule has 2 rings (SSSR count). The topological polar surface area (TPSA) is 32.3 Å². The largest absolute Gasteiger partial charge is 0.416 e. The Kier molecular flexibility index (Phi) is 3.40. The first-order valence-electron chi connectivity index (χ1n) is 5.54. The van der Waals surface area contributed by atoms with Crippen molar-refractivity contribution in [1.29, 1.82) is 0 Å². The maximum Gasteiger partial charge on any atom is 0.416 e. The van der Waals surface area contributed by atoms with Gasteiger partial charge in [0.2, 0.25) is 0 Å². The van der Waals surface area contributed by atoms with Gasteiger partial charge in [0.05, 0.1) is 11.7 Å². The van der Waals surface area contributed by atoms with Crippen molar-refractivity contribution in [3.63, 3.8) is 0 Å². The van der Waals surface area contributed by atoms with Crippen molar-refractivity contribution in [2.75, 3.05) is 13.1 Å². The zero-order valence-electron chi connectivity index (χ0n) is 9.17. The summed E-state index contributed by atoms with van der Waals surface area (Å²) in [6, 6.07) is 5.23. The molecule has 2 N–H and O–H groups in total. The second-order valence-corrected chi connectivity index (χ2v) is 4.29. The summed E-state index contributed by atoms with van der Waals surface area (Å²) in [7, 11) is 0. The second-order valence-electron chi connectivity index (χ2n) is 4.29. The van der Waals surface area contributed by atoms with Gasteiger partial charge in [-0.05, 0) is 24.6 Å². The van der Waals surface area contributed by atoms with Crippen molar-refractivity contribution in [3.8, 4) is 0 Å². The number of hydrogen-bond acceptors (Lipinski definition) is 2. The molecule has 0 aromatic heterocycles. The summed E-state index contributed by atoms with van der Waals surface area (Å²) in [6.45, 7) is 1.15.